The highest BCUT2D eigenvalue weighted by Gasteiger charge is 2.27. The number of hydrogen-bond donors (Lipinski definition) is 1. The van der Waals surface area contributed by atoms with Crippen molar-refractivity contribution in [3.8, 4) is 0 Å². The molecule has 1 atom stereocenters. The standard InChI is InChI=1S/C14H21NO6/c1-21-14(18)13-11(16)7-5-3-2-4-6-10(15(19)20)8-9-12(13)17/h10,17H,2-9H2,1H3. The van der Waals surface area contributed by atoms with Gasteiger partial charge in [0.15, 0.2) is 5.78 Å². The number of ether oxygens (including phenoxy) is 1. The van der Waals surface area contributed by atoms with Crippen molar-refractivity contribution in [2.45, 2.75) is 57.4 Å². The lowest BCUT2D eigenvalue weighted by Crippen LogP contribution is -2.22. The van der Waals surface area contributed by atoms with E-state index in [1.54, 1.807) is 0 Å². The number of nitro groups is 1. The summed E-state index contributed by atoms with van der Waals surface area (Å²) in [5.41, 5.74) is -0.361. The number of nitrogens with zero attached hydrogens (tertiary/aromatic N) is 1. The fourth-order valence-corrected chi connectivity index (χ4v) is 2.42. The topological polar surface area (TPSA) is 107 Å². The molecule has 1 aliphatic carbocycles. The Kier molecular flexibility index (Phi) is 6.84. The lowest BCUT2D eigenvalue weighted by Gasteiger charge is -2.13. The van der Waals surface area contributed by atoms with Crippen LogP contribution in [-0.2, 0) is 14.3 Å². The summed E-state index contributed by atoms with van der Waals surface area (Å²) >= 11 is 0. The molecule has 1 unspecified atom stereocenters. The first-order valence-corrected chi connectivity index (χ1v) is 7.14. The van der Waals surface area contributed by atoms with Crippen LogP contribution in [0.1, 0.15) is 51.4 Å². The highest BCUT2D eigenvalue weighted by molar-refractivity contribution is 6.17. The molecule has 0 bridgehead atoms. The van der Waals surface area contributed by atoms with Gasteiger partial charge >= 0.3 is 5.97 Å². The van der Waals surface area contributed by atoms with Gasteiger partial charge in [-0.2, -0.15) is 0 Å². The van der Waals surface area contributed by atoms with Crippen LogP contribution < -0.4 is 0 Å². The summed E-state index contributed by atoms with van der Waals surface area (Å²) in [5.74, 6) is -1.75. The quantitative estimate of drug-likeness (QED) is 0.363. The molecule has 21 heavy (non-hydrogen) atoms. The summed E-state index contributed by atoms with van der Waals surface area (Å²) in [6, 6.07) is -0.763. The first kappa shape index (κ1) is 17.1. The van der Waals surface area contributed by atoms with Crippen molar-refractivity contribution < 1.29 is 24.4 Å². The number of rotatable bonds is 2. The van der Waals surface area contributed by atoms with E-state index in [2.05, 4.69) is 4.74 Å². The predicted molar refractivity (Wildman–Crippen MR) is 74.4 cm³/mol. The zero-order valence-corrected chi connectivity index (χ0v) is 12.2. The van der Waals surface area contributed by atoms with Gasteiger partial charge in [0, 0.05) is 30.6 Å². The number of Topliss-reactive ketones (excluding diaryl/α,β-unsaturated/α-hetero) is 1. The van der Waals surface area contributed by atoms with Gasteiger partial charge < -0.3 is 9.84 Å². The Bertz CT molecular complexity index is 443. The van der Waals surface area contributed by atoms with Crippen molar-refractivity contribution in [1.82, 2.24) is 0 Å². The normalized spacial score (nSPS) is 22.1. The Morgan fingerprint density at radius 3 is 2.52 bits per heavy atom. The molecule has 0 saturated heterocycles. The number of aliphatic hydroxyl groups is 1. The Balaban J connectivity index is 2.97. The molecular formula is C14H21NO6. The molecule has 118 valence electrons. The Morgan fingerprint density at radius 1 is 1.24 bits per heavy atom. The van der Waals surface area contributed by atoms with Crippen LogP contribution in [0, 0.1) is 10.1 Å². The lowest BCUT2D eigenvalue weighted by atomic mass is 9.96. The minimum absolute atomic E-state index is 0.0676. The van der Waals surface area contributed by atoms with Crippen molar-refractivity contribution in [3.05, 3.63) is 21.4 Å². The average molecular weight is 299 g/mol. The van der Waals surface area contributed by atoms with Crippen LogP contribution in [0.3, 0.4) is 0 Å². The predicted octanol–water partition coefficient (Wildman–Crippen LogP) is 2.32. The second-order valence-electron chi connectivity index (χ2n) is 5.17. The summed E-state index contributed by atoms with van der Waals surface area (Å²) in [5, 5.41) is 20.9. The molecule has 0 saturated carbocycles. The first-order chi connectivity index (χ1) is 9.97. The Hall–Kier alpha value is -1.92. The molecule has 1 aliphatic rings. The number of allylic oxidation sites excluding steroid dienone is 1. The zero-order valence-electron chi connectivity index (χ0n) is 12.2. The molecule has 0 aliphatic heterocycles. The van der Waals surface area contributed by atoms with E-state index in [-0.39, 0.29) is 29.8 Å². The number of ketones is 1. The van der Waals surface area contributed by atoms with E-state index in [4.69, 9.17) is 0 Å². The van der Waals surface area contributed by atoms with Crippen molar-refractivity contribution in [2.75, 3.05) is 7.11 Å². The molecule has 0 spiro atoms. The second-order valence-corrected chi connectivity index (χ2v) is 5.17. The van der Waals surface area contributed by atoms with Gasteiger partial charge in [-0.15, -0.1) is 0 Å². The monoisotopic (exact) mass is 299 g/mol. The Labute approximate surface area is 123 Å². The number of methoxy groups -OCH3 is 1. The van der Waals surface area contributed by atoms with Crippen LogP contribution in [0.15, 0.2) is 11.3 Å². The van der Waals surface area contributed by atoms with Crippen LogP contribution in [0.2, 0.25) is 0 Å². The van der Waals surface area contributed by atoms with E-state index in [0.717, 1.165) is 26.4 Å². The van der Waals surface area contributed by atoms with Gasteiger partial charge in [0.05, 0.1) is 7.11 Å². The van der Waals surface area contributed by atoms with Gasteiger partial charge in [-0.1, -0.05) is 12.8 Å². The summed E-state index contributed by atoms with van der Waals surface area (Å²) < 4.78 is 4.52. The maximum Gasteiger partial charge on any atom is 0.344 e. The van der Waals surface area contributed by atoms with E-state index in [1.807, 2.05) is 0 Å². The summed E-state index contributed by atoms with van der Waals surface area (Å²) in [7, 11) is 1.13. The zero-order chi connectivity index (χ0) is 15.8. The molecule has 7 heteroatoms. The molecule has 0 amide bonds. The van der Waals surface area contributed by atoms with E-state index < -0.39 is 23.6 Å². The third-order valence-electron chi connectivity index (χ3n) is 3.66. The maximum absolute atomic E-state index is 12.0. The number of esters is 1. The SMILES string of the molecule is COC(=O)C1=C(O)CCC([N+](=O)[O-])CCCCCCC1=O. The number of carbonyl (C=O) groups excluding carboxylic acids is 2. The average Bonchev–Trinajstić information content (AvgIpc) is 2.43. The fraction of sp³-hybridized carbons (Fsp3) is 0.714. The van der Waals surface area contributed by atoms with Gasteiger partial charge in [0.1, 0.15) is 11.3 Å². The molecule has 0 radical (unpaired) electrons. The van der Waals surface area contributed by atoms with Crippen LogP contribution >= 0.6 is 0 Å². The number of carbonyl (C=O) groups is 2. The number of aliphatic hydroxyl groups excluding tert-OH is 1. The summed E-state index contributed by atoms with van der Waals surface area (Å²) in [6.07, 6.45) is 3.57. The molecule has 1 N–H and O–H groups in total. The van der Waals surface area contributed by atoms with E-state index in [1.165, 1.54) is 0 Å². The smallest absolute Gasteiger partial charge is 0.344 e. The Morgan fingerprint density at radius 2 is 1.90 bits per heavy atom. The van der Waals surface area contributed by atoms with Gasteiger partial charge in [0.2, 0.25) is 6.04 Å². The highest BCUT2D eigenvalue weighted by atomic mass is 16.6. The summed E-state index contributed by atoms with van der Waals surface area (Å²) in [4.78, 5) is 34.2. The van der Waals surface area contributed by atoms with Crippen LogP contribution in [0.4, 0.5) is 0 Å². The van der Waals surface area contributed by atoms with E-state index in [0.29, 0.717) is 12.8 Å². The third-order valence-corrected chi connectivity index (χ3v) is 3.66. The van der Waals surface area contributed by atoms with E-state index in [9.17, 15) is 24.8 Å². The second kappa shape index (κ2) is 8.39. The van der Waals surface area contributed by atoms with Gasteiger partial charge in [0.25, 0.3) is 0 Å². The van der Waals surface area contributed by atoms with Crippen molar-refractivity contribution in [2.24, 2.45) is 0 Å². The molecule has 0 aromatic heterocycles. The molecule has 0 fully saturated rings. The largest absolute Gasteiger partial charge is 0.511 e. The fourth-order valence-electron chi connectivity index (χ4n) is 2.42. The molecule has 0 aromatic rings. The molecule has 0 heterocycles. The molecule has 7 nitrogen and oxygen atoms in total. The lowest BCUT2D eigenvalue weighted by molar-refractivity contribution is -0.524. The molecule has 1 rings (SSSR count). The molecule has 0 aromatic carbocycles. The maximum atomic E-state index is 12.0. The summed E-state index contributed by atoms with van der Waals surface area (Å²) in [6.45, 7) is 0. The third kappa shape index (κ3) is 5.17. The van der Waals surface area contributed by atoms with Gasteiger partial charge in [-0.25, -0.2) is 4.79 Å². The molecular weight excluding hydrogens is 278 g/mol. The first-order valence-electron chi connectivity index (χ1n) is 7.14. The van der Waals surface area contributed by atoms with Crippen LogP contribution in [-0.4, -0.2) is 34.9 Å². The van der Waals surface area contributed by atoms with Crippen molar-refractivity contribution in [3.63, 3.8) is 0 Å². The minimum Gasteiger partial charge on any atom is -0.511 e. The number of hydrogen-bond acceptors (Lipinski definition) is 6. The van der Waals surface area contributed by atoms with Crippen molar-refractivity contribution in [1.29, 1.82) is 0 Å². The minimum atomic E-state index is -0.882. The van der Waals surface area contributed by atoms with Gasteiger partial charge in [-0.3, -0.25) is 14.9 Å². The van der Waals surface area contributed by atoms with Crippen LogP contribution in [0.5, 0.6) is 0 Å². The van der Waals surface area contributed by atoms with Crippen LogP contribution in [0.25, 0.3) is 0 Å². The van der Waals surface area contributed by atoms with Gasteiger partial charge in [-0.05, 0) is 12.8 Å². The van der Waals surface area contributed by atoms with Crippen molar-refractivity contribution >= 4 is 11.8 Å². The highest BCUT2D eigenvalue weighted by Crippen LogP contribution is 2.20. The van der Waals surface area contributed by atoms with E-state index >= 15 is 0 Å².